The van der Waals surface area contributed by atoms with Gasteiger partial charge in [0.25, 0.3) is 0 Å². The van der Waals surface area contributed by atoms with Gasteiger partial charge in [0.1, 0.15) is 0 Å². The Morgan fingerprint density at radius 1 is 1.50 bits per heavy atom. The Bertz CT molecular complexity index is 93.3. The molecule has 0 aliphatic heterocycles. The molecule has 0 heterocycles. The average molecular weight is 207 g/mol. The summed E-state index contributed by atoms with van der Waals surface area (Å²) >= 11 is 3.64. The minimum absolute atomic E-state index is 0.751. The minimum atomic E-state index is 0.751. The summed E-state index contributed by atoms with van der Waals surface area (Å²) in [6.45, 7) is 0.947. The molecule has 0 saturated heterocycles. The van der Waals surface area contributed by atoms with Crippen LogP contribution in [0.1, 0.15) is 25.7 Å². The first-order chi connectivity index (χ1) is 4.83. The molecule has 0 aromatic carbocycles. The highest BCUT2D eigenvalue weighted by molar-refractivity contribution is 9.09. The number of halogens is 1. The smallest absolute Gasteiger partial charge is 0.0490 e. The Hall–Kier alpha value is 0.440. The molecule has 0 radical (unpaired) electrons. The second kappa shape index (κ2) is 4.35. The van der Waals surface area contributed by atoms with E-state index in [9.17, 15) is 0 Å². The third kappa shape index (κ3) is 2.59. The van der Waals surface area contributed by atoms with Gasteiger partial charge in [-0.2, -0.15) is 0 Å². The Morgan fingerprint density at radius 3 is 2.90 bits per heavy atom. The summed E-state index contributed by atoms with van der Waals surface area (Å²) in [5.74, 6) is 0.808. The van der Waals surface area contributed by atoms with Gasteiger partial charge in [0.2, 0.25) is 0 Å². The maximum Gasteiger partial charge on any atom is 0.0490 e. The highest BCUT2D eigenvalue weighted by Gasteiger charge is 2.19. The molecule has 0 bridgehead atoms. The van der Waals surface area contributed by atoms with Crippen molar-refractivity contribution in [2.75, 3.05) is 13.7 Å². The quantitative estimate of drug-likeness (QED) is 0.632. The number of hydrogen-bond acceptors (Lipinski definition) is 1. The summed E-state index contributed by atoms with van der Waals surface area (Å²) in [5, 5.41) is 0. The Kier molecular flexibility index (Phi) is 3.71. The molecular weight excluding hydrogens is 192 g/mol. The van der Waals surface area contributed by atoms with Crippen molar-refractivity contribution >= 4 is 15.9 Å². The zero-order chi connectivity index (χ0) is 7.40. The normalized spacial score (nSPS) is 34.2. The van der Waals surface area contributed by atoms with Crippen LogP contribution in [0.3, 0.4) is 0 Å². The standard InChI is InChI=1S/C8H15BrO/c1-10-6-7-3-2-4-8(9)5-7/h7-8H,2-6H2,1H3. The van der Waals surface area contributed by atoms with Gasteiger partial charge in [-0.15, -0.1) is 0 Å². The second-order valence-corrected chi connectivity index (χ2v) is 4.38. The Balaban J connectivity index is 2.18. The number of ether oxygens (including phenoxy) is 1. The minimum Gasteiger partial charge on any atom is -0.384 e. The fraction of sp³-hybridized carbons (Fsp3) is 1.00. The highest BCUT2D eigenvalue weighted by Crippen LogP contribution is 2.28. The van der Waals surface area contributed by atoms with E-state index in [1.807, 2.05) is 0 Å². The van der Waals surface area contributed by atoms with E-state index >= 15 is 0 Å². The molecule has 1 aliphatic carbocycles. The molecule has 2 unspecified atom stereocenters. The van der Waals surface area contributed by atoms with E-state index in [-0.39, 0.29) is 0 Å². The molecule has 1 aliphatic rings. The maximum absolute atomic E-state index is 5.11. The molecule has 1 nitrogen and oxygen atoms in total. The molecule has 2 atom stereocenters. The van der Waals surface area contributed by atoms with Gasteiger partial charge in [0.05, 0.1) is 0 Å². The molecule has 10 heavy (non-hydrogen) atoms. The zero-order valence-electron chi connectivity index (χ0n) is 6.48. The second-order valence-electron chi connectivity index (χ2n) is 3.09. The topological polar surface area (TPSA) is 9.23 Å². The summed E-state index contributed by atoms with van der Waals surface area (Å²) in [4.78, 5) is 0.751. The SMILES string of the molecule is COCC1CCCC(Br)C1. The van der Waals surface area contributed by atoms with Crippen molar-refractivity contribution in [3.63, 3.8) is 0 Å². The molecule has 0 spiro atoms. The van der Waals surface area contributed by atoms with Gasteiger partial charge in [-0.3, -0.25) is 0 Å². The van der Waals surface area contributed by atoms with E-state index in [1.54, 1.807) is 7.11 Å². The van der Waals surface area contributed by atoms with Crippen molar-refractivity contribution in [2.45, 2.75) is 30.5 Å². The zero-order valence-corrected chi connectivity index (χ0v) is 8.06. The molecule has 1 rings (SSSR count). The van der Waals surface area contributed by atoms with E-state index in [0.29, 0.717) is 0 Å². The Labute approximate surface area is 71.3 Å². The summed E-state index contributed by atoms with van der Waals surface area (Å²) in [5.41, 5.74) is 0. The average Bonchev–Trinajstić information content (AvgIpc) is 1.88. The van der Waals surface area contributed by atoms with Crippen LogP contribution in [0.2, 0.25) is 0 Å². The van der Waals surface area contributed by atoms with Crippen LogP contribution in [0.5, 0.6) is 0 Å². The van der Waals surface area contributed by atoms with E-state index in [2.05, 4.69) is 15.9 Å². The predicted molar refractivity (Wildman–Crippen MR) is 46.5 cm³/mol. The number of rotatable bonds is 2. The van der Waals surface area contributed by atoms with E-state index in [0.717, 1.165) is 17.4 Å². The summed E-state index contributed by atoms with van der Waals surface area (Å²) in [6.07, 6.45) is 5.37. The van der Waals surface area contributed by atoms with Crippen LogP contribution in [0.15, 0.2) is 0 Å². The van der Waals surface area contributed by atoms with Gasteiger partial charge >= 0.3 is 0 Å². The van der Waals surface area contributed by atoms with Crippen molar-refractivity contribution in [3.8, 4) is 0 Å². The number of methoxy groups -OCH3 is 1. The van der Waals surface area contributed by atoms with Crippen LogP contribution in [0.25, 0.3) is 0 Å². The van der Waals surface area contributed by atoms with E-state index < -0.39 is 0 Å². The lowest BCUT2D eigenvalue weighted by Crippen LogP contribution is -2.18. The largest absolute Gasteiger partial charge is 0.384 e. The molecular formula is C8H15BrO. The van der Waals surface area contributed by atoms with Crippen LogP contribution < -0.4 is 0 Å². The van der Waals surface area contributed by atoms with Crippen molar-refractivity contribution < 1.29 is 4.74 Å². The third-order valence-electron chi connectivity index (χ3n) is 2.12. The Morgan fingerprint density at radius 2 is 2.30 bits per heavy atom. The first-order valence-corrected chi connectivity index (χ1v) is 4.87. The van der Waals surface area contributed by atoms with Gasteiger partial charge in [0.15, 0.2) is 0 Å². The summed E-state index contributed by atoms with van der Waals surface area (Å²) in [6, 6.07) is 0. The molecule has 0 N–H and O–H groups in total. The van der Waals surface area contributed by atoms with Crippen LogP contribution in [-0.2, 0) is 4.74 Å². The van der Waals surface area contributed by atoms with Gasteiger partial charge in [-0.1, -0.05) is 22.4 Å². The first-order valence-electron chi connectivity index (χ1n) is 3.96. The number of alkyl halides is 1. The fourth-order valence-corrected chi connectivity index (χ4v) is 2.46. The van der Waals surface area contributed by atoms with Crippen LogP contribution in [0.4, 0.5) is 0 Å². The molecule has 0 aromatic rings. The summed E-state index contributed by atoms with van der Waals surface area (Å²) < 4.78 is 5.11. The van der Waals surface area contributed by atoms with Crippen molar-refractivity contribution in [1.29, 1.82) is 0 Å². The monoisotopic (exact) mass is 206 g/mol. The molecule has 60 valence electrons. The maximum atomic E-state index is 5.11. The molecule has 2 heteroatoms. The van der Waals surface area contributed by atoms with Crippen LogP contribution >= 0.6 is 15.9 Å². The molecule has 0 aromatic heterocycles. The van der Waals surface area contributed by atoms with Gasteiger partial charge in [-0.25, -0.2) is 0 Å². The van der Waals surface area contributed by atoms with Gasteiger partial charge < -0.3 is 4.74 Å². The van der Waals surface area contributed by atoms with E-state index in [4.69, 9.17) is 4.74 Å². The van der Waals surface area contributed by atoms with Gasteiger partial charge in [-0.05, 0) is 25.2 Å². The van der Waals surface area contributed by atoms with Crippen LogP contribution in [0, 0.1) is 5.92 Å². The predicted octanol–water partition coefficient (Wildman–Crippen LogP) is 2.59. The van der Waals surface area contributed by atoms with Crippen molar-refractivity contribution in [2.24, 2.45) is 5.92 Å². The third-order valence-corrected chi connectivity index (χ3v) is 2.95. The highest BCUT2D eigenvalue weighted by atomic mass is 79.9. The lowest BCUT2D eigenvalue weighted by molar-refractivity contribution is 0.133. The fourth-order valence-electron chi connectivity index (χ4n) is 1.61. The molecule has 1 saturated carbocycles. The lowest BCUT2D eigenvalue weighted by atomic mass is 9.90. The molecule has 0 amide bonds. The van der Waals surface area contributed by atoms with E-state index in [1.165, 1.54) is 25.7 Å². The van der Waals surface area contributed by atoms with Crippen LogP contribution in [-0.4, -0.2) is 18.5 Å². The van der Waals surface area contributed by atoms with Crippen molar-refractivity contribution in [1.82, 2.24) is 0 Å². The first kappa shape index (κ1) is 8.54. The number of hydrogen-bond donors (Lipinski definition) is 0. The van der Waals surface area contributed by atoms with Gasteiger partial charge in [0, 0.05) is 18.5 Å². The van der Waals surface area contributed by atoms with Crippen molar-refractivity contribution in [3.05, 3.63) is 0 Å². The molecule has 1 fully saturated rings. The lowest BCUT2D eigenvalue weighted by Gasteiger charge is -2.24. The summed E-state index contributed by atoms with van der Waals surface area (Å²) in [7, 11) is 1.79.